The molecule has 1 unspecified atom stereocenters. The smallest absolute Gasteiger partial charge is 0.235 e. The van der Waals surface area contributed by atoms with Crippen LogP contribution in [-0.2, 0) is 19.1 Å². The number of imide groups is 1. The topological polar surface area (TPSA) is 80.8 Å². The zero-order valence-corrected chi connectivity index (χ0v) is 14.4. The molecule has 1 atom stereocenters. The van der Waals surface area contributed by atoms with E-state index in [1.54, 1.807) is 0 Å². The predicted molar refractivity (Wildman–Crippen MR) is 90.2 cm³/mol. The average molecular weight is 345 g/mol. The van der Waals surface area contributed by atoms with Gasteiger partial charge in [-0.25, -0.2) is 0 Å². The lowest BCUT2D eigenvalue weighted by molar-refractivity contribution is -0.169. The minimum atomic E-state index is -0.384. The van der Waals surface area contributed by atoms with Crippen LogP contribution < -0.4 is 10.2 Å². The zero-order valence-electron chi connectivity index (χ0n) is 14.4. The van der Waals surface area contributed by atoms with Gasteiger partial charge in [-0.3, -0.25) is 19.9 Å². The van der Waals surface area contributed by atoms with Crippen molar-refractivity contribution in [3.8, 4) is 0 Å². The minimum absolute atomic E-state index is 0.201. The van der Waals surface area contributed by atoms with Gasteiger partial charge in [0.15, 0.2) is 5.79 Å². The highest BCUT2D eigenvalue weighted by Crippen LogP contribution is 2.34. The maximum absolute atomic E-state index is 12.0. The average Bonchev–Trinajstić information content (AvgIpc) is 3.04. The van der Waals surface area contributed by atoms with E-state index in [1.807, 2.05) is 19.2 Å². The lowest BCUT2D eigenvalue weighted by Gasteiger charge is -2.39. The Morgan fingerprint density at radius 1 is 1.24 bits per heavy atom. The molecule has 0 bridgehead atoms. The molecule has 0 aromatic carbocycles. The fourth-order valence-electron chi connectivity index (χ4n) is 3.94. The number of piperidine rings is 2. The number of aromatic nitrogens is 1. The van der Waals surface area contributed by atoms with Gasteiger partial charge in [-0.05, 0) is 25.0 Å². The summed E-state index contributed by atoms with van der Waals surface area (Å²) in [5, 5.41) is 2.40. The molecule has 2 amide bonds. The van der Waals surface area contributed by atoms with Crippen molar-refractivity contribution in [1.82, 2.24) is 10.3 Å². The van der Waals surface area contributed by atoms with Crippen LogP contribution in [0.4, 0.5) is 5.69 Å². The van der Waals surface area contributed by atoms with Crippen LogP contribution in [0.2, 0.25) is 0 Å². The standard InChI is InChI=1S/C18H23N3O4/c1-12-10-14(13-2-3-16(22)20-17(13)23)19-11-15(12)21-6-4-18(5-7-21)24-8-9-25-18/h10-11,13H,2-9H2,1H3,(H,20,22,23). The molecule has 7 nitrogen and oxygen atoms in total. The number of hydrogen-bond donors (Lipinski definition) is 1. The third-order valence-corrected chi connectivity index (χ3v) is 5.38. The first kappa shape index (κ1) is 16.5. The van der Waals surface area contributed by atoms with Gasteiger partial charge in [0.25, 0.3) is 0 Å². The molecule has 1 aromatic heterocycles. The molecule has 1 aromatic rings. The lowest BCUT2D eigenvalue weighted by Crippen LogP contribution is -2.45. The summed E-state index contributed by atoms with van der Waals surface area (Å²) >= 11 is 0. The van der Waals surface area contributed by atoms with Crippen molar-refractivity contribution in [2.75, 3.05) is 31.2 Å². The number of amides is 2. The van der Waals surface area contributed by atoms with Crippen LogP contribution in [0.25, 0.3) is 0 Å². The van der Waals surface area contributed by atoms with Gasteiger partial charge in [-0.1, -0.05) is 0 Å². The predicted octanol–water partition coefficient (Wildman–Crippen LogP) is 1.25. The van der Waals surface area contributed by atoms with Crippen molar-refractivity contribution in [3.05, 3.63) is 23.5 Å². The molecule has 3 fully saturated rings. The number of aryl methyl sites for hydroxylation is 1. The quantitative estimate of drug-likeness (QED) is 0.813. The zero-order chi connectivity index (χ0) is 17.4. The second-order valence-electron chi connectivity index (χ2n) is 6.99. The van der Waals surface area contributed by atoms with Crippen molar-refractivity contribution in [2.24, 2.45) is 0 Å². The number of anilines is 1. The first-order chi connectivity index (χ1) is 12.1. The Morgan fingerprint density at radius 3 is 2.60 bits per heavy atom. The van der Waals surface area contributed by atoms with Crippen molar-refractivity contribution < 1.29 is 19.1 Å². The van der Waals surface area contributed by atoms with Crippen LogP contribution in [0.5, 0.6) is 0 Å². The molecule has 0 radical (unpaired) electrons. The Kier molecular flexibility index (Phi) is 4.21. The van der Waals surface area contributed by atoms with E-state index in [4.69, 9.17) is 9.47 Å². The van der Waals surface area contributed by atoms with E-state index >= 15 is 0 Å². The van der Waals surface area contributed by atoms with E-state index in [9.17, 15) is 9.59 Å². The molecule has 25 heavy (non-hydrogen) atoms. The molecular formula is C18H23N3O4. The first-order valence-corrected chi connectivity index (χ1v) is 8.89. The molecule has 1 N–H and O–H groups in total. The molecule has 3 aliphatic rings. The van der Waals surface area contributed by atoms with E-state index in [2.05, 4.69) is 15.2 Å². The third kappa shape index (κ3) is 3.14. The number of nitrogens with one attached hydrogen (secondary N) is 1. The fraction of sp³-hybridized carbons (Fsp3) is 0.611. The number of ether oxygens (including phenoxy) is 2. The molecule has 0 aliphatic carbocycles. The summed E-state index contributed by atoms with van der Waals surface area (Å²) in [6.45, 7) is 5.13. The molecule has 0 saturated carbocycles. The van der Waals surface area contributed by atoms with Gasteiger partial charge in [0.05, 0.1) is 36.7 Å². The van der Waals surface area contributed by atoms with Crippen LogP contribution in [0, 0.1) is 6.92 Å². The number of carbonyl (C=O) groups is 2. The van der Waals surface area contributed by atoms with Crippen LogP contribution in [0.3, 0.4) is 0 Å². The van der Waals surface area contributed by atoms with Gasteiger partial charge in [0.2, 0.25) is 11.8 Å². The molecule has 4 rings (SSSR count). The molecule has 1 spiro atoms. The second-order valence-corrected chi connectivity index (χ2v) is 6.99. The van der Waals surface area contributed by atoms with Crippen molar-refractivity contribution >= 4 is 17.5 Å². The summed E-state index contributed by atoms with van der Waals surface area (Å²) < 4.78 is 11.6. The molecule has 134 valence electrons. The van der Waals surface area contributed by atoms with Gasteiger partial charge in [-0.2, -0.15) is 0 Å². The summed E-state index contributed by atoms with van der Waals surface area (Å²) in [5.41, 5.74) is 2.92. The highest BCUT2D eigenvalue weighted by atomic mass is 16.7. The molecule has 3 saturated heterocycles. The summed E-state index contributed by atoms with van der Waals surface area (Å²) in [4.78, 5) is 30.2. The van der Waals surface area contributed by atoms with Crippen LogP contribution in [0.1, 0.15) is 42.9 Å². The van der Waals surface area contributed by atoms with Crippen LogP contribution in [-0.4, -0.2) is 48.9 Å². The SMILES string of the molecule is Cc1cc(C2CCC(=O)NC2=O)ncc1N1CCC2(CC1)OCCO2. The van der Waals surface area contributed by atoms with Crippen molar-refractivity contribution in [3.63, 3.8) is 0 Å². The Hall–Kier alpha value is -1.99. The molecular weight excluding hydrogens is 322 g/mol. The Morgan fingerprint density at radius 2 is 1.96 bits per heavy atom. The third-order valence-electron chi connectivity index (χ3n) is 5.38. The van der Waals surface area contributed by atoms with Crippen molar-refractivity contribution in [1.29, 1.82) is 0 Å². The summed E-state index contributed by atoms with van der Waals surface area (Å²) in [5.74, 6) is -1.17. The number of rotatable bonds is 2. The minimum Gasteiger partial charge on any atom is -0.370 e. The normalized spacial score (nSPS) is 26.1. The fourth-order valence-corrected chi connectivity index (χ4v) is 3.94. The van der Waals surface area contributed by atoms with Gasteiger partial charge >= 0.3 is 0 Å². The highest BCUT2D eigenvalue weighted by Gasteiger charge is 2.40. The number of pyridine rings is 1. The van der Waals surface area contributed by atoms with E-state index in [-0.39, 0.29) is 23.5 Å². The maximum atomic E-state index is 12.0. The Bertz CT molecular complexity index is 690. The van der Waals surface area contributed by atoms with Crippen LogP contribution >= 0.6 is 0 Å². The second kappa shape index (κ2) is 6.38. The maximum Gasteiger partial charge on any atom is 0.235 e. The molecule has 4 heterocycles. The number of nitrogens with zero attached hydrogens (tertiary/aromatic N) is 2. The lowest BCUT2D eigenvalue weighted by atomic mass is 9.93. The number of carbonyl (C=O) groups excluding carboxylic acids is 2. The largest absolute Gasteiger partial charge is 0.370 e. The van der Waals surface area contributed by atoms with E-state index in [0.717, 1.165) is 42.9 Å². The van der Waals surface area contributed by atoms with Crippen molar-refractivity contribution in [2.45, 2.75) is 44.3 Å². The van der Waals surface area contributed by atoms with E-state index < -0.39 is 0 Å². The highest BCUT2D eigenvalue weighted by molar-refractivity contribution is 6.00. The van der Waals surface area contributed by atoms with Gasteiger partial charge in [-0.15, -0.1) is 0 Å². The summed E-state index contributed by atoms with van der Waals surface area (Å²) in [6, 6.07) is 1.97. The van der Waals surface area contributed by atoms with E-state index in [1.165, 1.54) is 0 Å². The molecule has 3 aliphatic heterocycles. The Balaban J connectivity index is 1.47. The number of hydrogen-bond acceptors (Lipinski definition) is 6. The van der Waals surface area contributed by atoms with Gasteiger partial charge < -0.3 is 14.4 Å². The van der Waals surface area contributed by atoms with E-state index in [0.29, 0.717) is 26.1 Å². The molecule has 7 heteroatoms. The van der Waals surface area contributed by atoms with Gasteiger partial charge in [0.1, 0.15) is 0 Å². The van der Waals surface area contributed by atoms with Crippen LogP contribution in [0.15, 0.2) is 12.3 Å². The summed E-state index contributed by atoms with van der Waals surface area (Å²) in [7, 11) is 0. The summed E-state index contributed by atoms with van der Waals surface area (Å²) in [6.07, 6.45) is 4.44. The van der Waals surface area contributed by atoms with Gasteiger partial charge in [0, 0.05) is 32.4 Å². The Labute approximate surface area is 146 Å². The first-order valence-electron chi connectivity index (χ1n) is 8.89. The monoisotopic (exact) mass is 345 g/mol.